The van der Waals surface area contributed by atoms with E-state index in [0.29, 0.717) is 6.42 Å². The Bertz CT molecular complexity index is 1050. The Morgan fingerprint density at radius 2 is 1.96 bits per heavy atom. The van der Waals surface area contributed by atoms with E-state index in [0.717, 1.165) is 16.5 Å². The summed E-state index contributed by atoms with van der Waals surface area (Å²) >= 11 is 0. The van der Waals surface area contributed by atoms with Crippen molar-refractivity contribution in [1.82, 2.24) is 4.98 Å². The van der Waals surface area contributed by atoms with Gasteiger partial charge in [-0.25, -0.2) is 8.42 Å². The number of fused-ring (bicyclic) bond motifs is 1. The fraction of sp³-hybridized carbons (Fsp3) is 0.211. The van der Waals surface area contributed by atoms with Crippen molar-refractivity contribution in [3.05, 3.63) is 54.2 Å². The number of phenolic OH excluding ortho intramolecular Hbond substituents is 1. The van der Waals surface area contributed by atoms with Crippen molar-refractivity contribution in [2.75, 3.05) is 11.1 Å². The highest BCUT2D eigenvalue weighted by Gasteiger charge is 2.15. The van der Waals surface area contributed by atoms with Gasteiger partial charge in [0.25, 0.3) is 0 Å². The van der Waals surface area contributed by atoms with E-state index in [-0.39, 0.29) is 34.4 Å². The van der Waals surface area contributed by atoms with Crippen LogP contribution >= 0.6 is 0 Å². The normalized spacial score (nSPS) is 11.6. The second kappa shape index (κ2) is 7.21. The van der Waals surface area contributed by atoms with Crippen LogP contribution in [0.25, 0.3) is 10.9 Å². The molecule has 3 N–H and O–H groups in total. The number of aromatic amines is 1. The molecule has 3 aromatic rings. The molecule has 0 spiro atoms. The first kappa shape index (κ1) is 18.0. The van der Waals surface area contributed by atoms with Crippen LogP contribution in [0, 0.1) is 0 Å². The lowest BCUT2D eigenvalue weighted by atomic mass is 10.1. The molecular formula is C19H20N2O4S. The summed E-state index contributed by atoms with van der Waals surface area (Å²) in [6, 6.07) is 11.7. The van der Waals surface area contributed by atoms with Crippen molar-refractivity contribution in [3.8, 4) is 5.75 Å². The van der Waals surface area contributed by atoms with Crippen LogP contribution < -0.4 is 5.32 Å². The number of rotatable bonds is 6. The molecule has 3 rings (SSSR count). The van der Waals surface area contributed by atoms with E-state index >= 15 is 0 Å². The molecule has 26 heavy (non-hydrogen) atoms. The maximum atomic E-state index is 12.2. The molecule has 0 fully saturated rings. The van der Waals surface area contributed by atoms with Gasteiger partial charge in [-0.3, -0.25) is 4.79 Å². The Balaban J connectivity index is 1.71. The number of aryl methyl sites for hydroxylation is 1. The van der Waals surface area contributed by atoms with Crippen molar-refractivity contribution in [2.24, 2.45) is 0 Å². The molecule has 0 aliphatic heterocycles. The smallest absolute Gasteiger partial charge is 0.224 e. The molecule has 7 heteroatoms. The van der Waals surface area contributed by atoms with E-state index in [2.05, 4.69) is 10.3 Å². The number of sulfone groups is 1. The summed E-state index contributed by atoms with van der Waals surface area (Å²) in [4.78, 5) is 15.5. The monoisotopic (exact) mass is 372 g/mol. The number of H-pyrrole nitrogens is 1. The van der Waals surface area contributed by atoms with Gasteiger partial charge in [-0.1, -0.05) is 25.1 Å². The second-order valence-corrected chi connectivity index (χ2v) is 8.27. The lowest BCUT2D eigenvalue weighted by Gasteiger charge is -2.09. The average Bonchev–Trinajstić information content (AvgIpc) is 3.05. The fourth-order valence-electron chi connectivity index (χ4n) is 2.77. The molecule has 0 atom stereocenters. The molecule has 0 bridgehead atoms. The first-order chi connectivity index (χ1) is 12.4. The number of carbonyl (C=O) groups is 1. The molecule has 0 unspecified atom stereocenters. The Hall–Kier alpha value is -2.80. The maximum absolute atomic E-state index is 12.2. The molecule has 2 aromatic carbocycles. The first-order valence-corrected chi connectivity index (χ1v) is 9.96. The molecule has 0 saturated heterocycles. The third kappa shape index (κ3) is 3.72. The zero-order valence-corrected chi connectivity index (χ0v) is 15.1. The van der Waals surface area contributed by atoms with Crippen molar-refractivity contribution in [1.29, 1.82) is 0 Å². The van der Waals surface area contributed by atoms with Crippen LogP contribution in [0.4, 0.5) is 5.69 Å². The highest BCUT2D eigenvalue weighted by Crippen LogP contribution is 2.27. The van der Waals surface area contributed by atoms with Gasteiger partial charge in [0.1, 0.15) is 5.75 Å². The SMILES string of the molecule is CCS(=O)(=O)c1ccc(O)c(NC(=O)CCc2c[nH]c3ccccc23)c1. The third-order valence-corrected chi connectivity index (χ3v) is 6.01. The Morgan fingerprint density at radius 3 is 2.73 bits per heavy atom. The van der Waals surface area contributed by atoms with E-state index in [1.807, 2.05) is 30.5 Å². The zero-order chi connectivity index (χ0) is 18.7. The number of carbonyl (C=O) groups excluding carboxylic acids is 1. The molecule has 1 amide bonds. The van der Waals surface area contributed by atoms with Crippen LogP contribution in [-0.4, -0.2) is 30.2 Å². The zero-order valence-electron chi connectivity index (χ0n) is 14.3. The third-order valence-electron chi connectivity index (χ3n) is 4.28. The van der Waals surface area contributed by atoms with Crippen LogP contribution in [-0.2, 0) is 21.1 Å². The van der Waals surface area contributed by atoms with Gasteiger partial charge in [0.15, 0.2) is 9.84 Å². The number of benzene rings is 2. The van der Waals surface area contributed by atoms with Crippen molar-refractivity contribution < 1.29 is 18.3 Å². The minimum Gasteiger partial charge on any atom is -0.506 e. The lowest BCUT2D eigenvalue weighted by Crippen LogP contribution is -2.13. The Labute approximate surface area is 151 Å². The molecule has 6 nitrogen and oxygen atoms in total. The van der Waals surface area contributed by atoms with Crippen LogP contribution in [0.2, 0.25) is 0 Å². The highest BCUT2D eigenvalue weighted by atomic mass is 32.2. The van der Waals surface area contributed by atoms with Crippen LogP contribution in [0.1, 0.15) is 18.9 Å². The standard InChI is InChI=1S/C19H20N2O4S/c1-2-26(24,25)14-8-9-18(22)17(11-14)21-19(23)10-7-13-12-20-16-6-4-3-5-15(13)16/h3-6,8-9,11-12,20,22H,2,7,10H2,1H3,(H,21,23). The van der Waals surface area contributed by atoms with Gasteiger partial charge < -0.3 is 15.4 Å². The van der Waals surface area contributed by atoms with Crippen LogP contribution in [0.5, 0.6) is 5.75 Å². The number of hydrogen-bond acceptors (Lipinski definition) is 4. The summed E-state index contributed by atoms with van der Waals surface area (Å²) in [6.07, 6.45) is 2.62. The number of nitrogens with one attached hydrogen (secondary N) is 2. The van der Waals surface area contributed by atoms with Gasteiger partial charge in [-0.05, 0) is 36.2 Å². The number of para-hydroxylation sites is 1. The molecule has 1 heterocycles. The maximum Gasteiger partial charge on any atom is 0.224 e. The topological polar surface area (TPSA) is 99.3 Å². The minimum absolute atomic E-state index is 0.0499. The van der Waals surface area contributed by atoms with E-state index in [9.17, 15) is 18.3 Å². The van der Waals surface area contributed by atoms with Crippen molar-refractivity contribution in [2.45, 2.75) is 24.7 Å². The molecule has 0 aliphatic carbocycles. The summed E-state index contributed by atoms with van der Waals surface area (Å²) in [6.45, 7) is 1.54. The molecule has 0 radical (unpaired) electrons. The Kier molecular flexibility index (Phi) is 4.99. The van der Waals surface area contributed by atoms with Crippen LogP contribution in [0.15, 0.2) is 53.6 Å². The van der Waals surface area contributed by atoms with Gasteiger partial charge >= 0.3 is 0 Å². The van der Waals surface area contributed by atoms with Gasteiger partial charge in [-0.15, -0.1) is 0 Å². The number of amides is 1. The number of anilines is 1. The summed E-state index contributed by atoms with van der Waals surface area (Å²) in [5, 5.41) is 13.6. The fourth-order valence-corrected chi connectivity index (χ4v) is 3.68. The predicted octanol–water partition coefficient (Wildman–Crippen LogP) is 3.24. The quantitative estimate of drug-likeness (QED) is 0.578. The number of phenols is 1. The van der Waals surface area contributed by atoms with Gasteiger partial charge in [0.2, 0.25) is 5.91 Å². The van der Waals surface area contributed by atoms with E-state index < -0.39 is 9.84 Å². The van der Waals surface area contributed by atoms with E-state index in [1.54, 1.807) is 6.92 Å². The molecule has 1 aromatic heterocycles. The minimum atomic E-state index is -3.41. The number of aromatic nitrogens is 1. The second-order valence-electron chi connectivity index (χ2n) is 5.99. The van der Waals surface area contributed by atoms with Gasteiger partial charge in [0.05, 0.1) is 16.3 Å². The van der Waals surface area contributed by atoms with Gasteiger partial charge in [-0.2, -0.15) is 0 Å². The molecule has 0 saturated carbocycles. The first-order valence-electron chi connectivity index (χ1n) is 8.31. The van der Waals surface area contributed by atoms with Crippen molar-refractivity contribution >= 4 is 32.3 Å². The molecule has 0 aliphatic rings. The molecular weight excluding hydrogens is 352 g/mol. The van der Waals surface area contributed by atoms with Crippen molar-refractivity contribution in [3.63, 3.8) is 0 Å². The van der Waals surface area contributed by atoms with Gasteiger partial charge in [0, 0.05) is 23.5 Å². The average molecular weight is 372 g/mol. The van der Waals surface area contributed by atoms with Crippen LogP contribution in [0.3, 0.4) is 0 Å². The largest absolute Gasteiger partial charge is 0.506 e. The summed E-state index contributed by atoms with van der Waals surface area (Å²) in [5.41, 5.74) is 2.14. The molecule has 136 valence electrons. The highest BCUT2D eigenvalue weighted by molar-refractivity contribution is 7.91. The predicted molar refractivity (Wildman–Crippen MR) is 101 cm³/mol. The lowest BCUT2D eigenvalue weighted by molar-refractivity contribution is -0.116. The van der Waals surface area contributed by atoms with E-state index in [1.165, 1.54) is 18.2 Å². The Morgan fingerprint density at radius 1 is 1.19 bits per heavy atom. The summed E-state index contributed by atoms with van der Waals surface area (Å²) < 4.78 is 23.9. The summed E-state index contributed by atoms with van der Waals surface area (Å²) in [5.74, 6) is -0.511. The number of hydrogen-bond donors (Lipinski definition) is 3. The number of aromatic hydroxyl groups is 1. The van der Waals surface area contributed by atoms with E-state index in [4.69, 9.17) is 0 Å². The summed E-state index contributed by atoms with van der Waals surface area (Å²) in [7, 11) is -3.41.